The Kier molecular flexibility index (Phi) is 3.62. The van der Waals surface area contributed by atoms with Gasteiger partial charge in [0.15, 0.2) is 10.9 Å². The lowest BCUT2D eigenvalue weighted by molar-refractivity contribution is 0.0998. The number of hydrogen-bond donors (Lipinski definition) is 1. The first-order chi connectivity index (χ1) is 11.9. The summed E-state index contributed by atoms with van der Waals surface area (Å²) in [5, 5.41) is 4.45. The van der Waals surface area contributed by atoms with E-state index in [4.69, 9.17) is 4.42 Å². The molecule has 0 fully saturated rings. The van der Waals surface area contributed by atoms with Crippen molar-refractivity contribution >= 4 is 43.6 Å². The number of carbonyl (C=O) groups is 1. The molecule has 0 spiro atoms. The van der Waals surface area contributed by atoms with E-state index in [1.54, 1.807) is 0 Å². The second kappa shape index (κ2) is 5.70. The standard InChI is InChI=1S/C20H18N2O2S/c1-10-5-6-15-16(9-10)25-20(21-15)22-19(23)18-13(4)14-8-11(2)7-12(3)17(14)24-18/h5-9H,1-4H3,(H,21,22,23). The Balaban J connectivity index is 1.71. The summed E-state index contributed by atoms with van der Waals surface area (Å²) in [6, 6.07) is 10.2. The number of aromatic nitrogens is 1. The number of benzene rings is 2. The smallest absolute Gasteiger partial charge is 0.293 e. The van der Waals surface area contributed by atoms with Crippen molar-refractivity contribution in [2.24, 2.45) is 0 Å². The molecule has 0 unspecified atom stereocenters. The fourth-order valence-corrected chi connectivity index (χ4v) is 4.08. The van der Waals surface area contributed by atoms with Crippen LogP contribution in [0.1, 0.15) is 32.8 Å². The molecule has 4 rings (SSSR count). The van der Waals surface area contributed by atoms with Crippen molar-refractivity contribution in [3.8, 4) is 0 Å². The van der Waals surface area contributed by atoms with Crippen LogP contribution in [0.15, 0.2) is 34.7 Å². The number of rotatable bonds is 2. The van der Waals surface area contributed by atoms with Crippen LogP contribution in [0.4, 0.5) is 5.13 Å². The summed E-state index contributed by atoms with van der Waals surface area (Å²) in [5.41, 5.74) is 5.88. The number of nitrogens with one attached hydrogen (secondary N) is 1. The van der Waals surface area contributed by atoms with Crippen molar-refractivity contribution in [1.82, 2.24) is 4.98 Å². The summed E-state index contributed by atoms with van der Waals surface area (Å²) in [7, 11) is 0. The molecule has 4 aromatic rings. The Morgan fingerprint density at radius 2 is 1.88 bits per heavy atom. The molecule has 2 aromatic heterocycles. The molecule has 0 aliphatic rings. The number of fused-ring (bicyclic) bond motifs is 2. The zero-order valence-corrected chi connectivity index (χ0v) is 15.4. The normalized spacial score (nSPS) is 11.4. The predicted molar refractivity (Wildman–Crippen MR) is 103 cm³/mol. The van der Waals surface area contributed by atoms with Crippen LogP contribution in [0, 0.1) is 27.7 Å². The molecule has 1 N–H and O–H groups in total. The number of carbonyl (C=O) groups excluding carboxylic acids is 1. The van der Waals surface area contributed by atoms with Crippen molar-refractivity contribution < 1.29 is 9.21 Å². The maximum Gasteiger partial charge on any atom is 0.293 e. The minimum Gasteiger partial charge on any atom is -0.450 e. The van der Waals surface area contributed by atoms with E-state index in [2.05, 4.69) is 28.5 Å². The number of amides is 1. The highest BCUT2D eigenvalue weighted by Gasteiger charge is 2.20. The molecule has 2 heterocycles. The summed E-state index contributed by atoms with van der Waals surface area (Å²) in [5.74, 6) is 0.0840. The fraction of sp³-hybridized carbons (Fsp3) is 0.200. The van der Waals surface area contributed by atoms with Gasteiger partial charge in [-0.25, -0.2) is 4.98 Å². The first-order valence-corrected chi connectivity index (χ1v) is 8.93. The number of anilines is 1. The highest BCUT2D eigenvalue weighted by Crippen LogP contribution is 2.31. The summed E-state index contributed by atoms with van der Waals surface area (Å²) >= 11 is 1.47. The zero-order chi connectivity index (χ0) is 17.7. The predicted octanol–water partition coefficient (Wildman–Crippen LogP) is 5.53. The monoisotopic (exact) mass is 350 g/mol. The highest BCUT2D eigenvalue weighted by atomic mass is 32.1. The van der Waals surface area contributed by atoms with Crippen molar-refractivity contribution in [3.05, 3.63) is 58.3 Å². The van der Waals surface area contributed by atoms with Crippen LogP contribution in [0.5, 0.6) is 0 Å². The topological polar surface area (TPSA) is 55.1 Å². The van der Waals surface area contributed by atoms with Crippen molar-refractivity contribution in [3.63, 3.8) is 0 Å². The quantitative estimate of drug-likeness (QED) is 0.517. The molecule has 25 heavy (non-hydrogen) atoms. The van der Waals surface area contributed by atoms with E-state index in [1.165, 1.54) is 16.9 Å². The molecule has 2 aromatic carbocycles. The lowest BCUT2D eigenvalue weighted by Crippen LogP contribution is -2.11. The molecule has 0 saturated carbocycles. The second-order valence-corrected chi connectivity index (χ2v) is 7.49. The number of aryl methyl sites for hydroxylation is 4. The average molecular weight is 350 g/mol. The van der Waals surface area contributed by atoms with E-state index in [0.717, 1.165) is 37.9 Å². The van der Waals surface area contributed by atoms with E-state index in [-0.39, 0.29) is 5.91 Å². The number of hydrogen-bond acceptors (Lipinski definition) is 4. The Bertz CT molecular complexity index is 1140. The Hall–Kier alpha value is -2.66. The van der Waals surface area contributed by atoms with Gasteiger partial charge in [-0.05, 0) is 62.6 Å². The molecule has 5 heteroatoms. The molecule has 0 bridgehead atoms. The second-order valence-electron chi connectivity index (χ2n) is 6.46. The van der Waals surface area contributed by atoms with Crippen LogP contribution in [0.25, 0.3) is 21.2 Å². The van der Waals surface area contributed by atoms with Gasteiger partial charge in [0.25, 0.3) is 5.91 Å². The molecule has 126 valence electrons. The van der Waals surface area contributed by atoms with Gasteiger partial charge in [0.1, 0.15) is 5.58 Å². The summed E-state index contributed by atoms with van der Waals surface area (Å²) in [6.45, 7) is 8.00. The molecule has 0 radical (unpaired) electrons. The van der Waals surface area contributed by atoms with Gasteiger partial charge in [-0.15, -0.1) is 0 Å². The molecule has 0 aliphatic heterocycles. The number of thiazole rings is 1. The summed E-state index contributed by atoms with van der Waals surface area (Å²) in [6.07, 6.45) is 0. The maximum absolute atomic E-state index is 12.7. The van der Waals surface area contributed by atoms with Gasteiger partial charge in [0.2, 0.25) is 0 Å². The SMILES string of the molecule is Cc1ccc2nc(NC(=O)c3oc4c(C)cc(C)cc4c3C)sc2c1. The van der Waals surface area contributed by atoms with Crippen LogP contribution >= 0.6 is 11.3 Å². The first-order valence-electron chi connectivity index (χ1n) is 8.11. The van der Waals surface area contributed by atoms with Gasteiger partial charge < -0.3 is 4.42 Å². The van der Waals surface area contributed by atoms with Gasteiger partial charge >= 0.3 is 0 Å². The van der Waals surface area contributed by atoms with Gasteiger partial charge in [-0.2, -0.15) is 0 Å². The molecular weight excluding hydrogens is 332 g/mol. The maximum atomic E-state index is 12.7. The zero-order valence-electron chi connectivity index (χ0n) is 14.6. The molecule has 4 nitrogen and oxygen atoms in total. The van der Waals surface area contributed by atoms with Crippen LogP contribution < -0.4 is 5.32 Å². The van der Waals surface area contributed by atoms with Gasteiger partial charge in [0.05, 0.1) is 10.2 Å². The summed E-state index contributed by atoms with van der Waals surface area (Å²) in [4.78, 5) is 17.2. The molecular formula is C20H18N2O2S. The highest BCUT2D eigenvalue weighted by molar-refractivity contribution is 7.22. The van der Waals surface area contributed by atoms with Gasteiger partial charge in [0, 0.05) is 10.9 Å². The van der Waals surface area contributed by atoms with E-state index in [1.807, 2.05) is 39.8 Å². The lowest BCUT2D eigenvalue weighted by atomic mass is 10.1. The summed E-state index contributed by atoms with van der Waals surface area (Å²) < 4.78 is 6.94. The lowest BCUT2D eigenvalue weighted by Gasteiger charge is -1.98. The Labute approximate surface area is 149 Å². The average Bonchev–Trinajstić information content (AvgIpc) is 3.08. The Morgan fingerprint density at radius 3 is 2.68 bits per heavy atom. The van der Waals surface area contributed by atoms with E-state index in [0.29, 0.717) is 10.9 Å². The fourth-order valence-electron chi connectivity index (χ4n) is 3.13. The molecule has 0 saturated heterocycles. The molecule has 0 atom stereocenters. The largest absolute Gasteiger partial charge is 0.450 e. The van der Waals surface area contributed by atoms with Gasteiger partial charge in [-0.1, -0.05) is 23.5 Å². The van der Waals surface area contributed by atoms with Gasteiger partial charge in [-0.3, -0.25) is 10.1 Å². The van der Waals surface area contributed by atoms with Crippen LogP contribution in [-0.2, 0) is 0 Å². The Morgan fingerprint density at radius 1 is 1.08 bits per heavy atom. The van der Waals surface area contributed by atoms with Crippen LogP contribution in [-0.4, -0.2) is 10.9 Å². The molecule has 1 amide bonds. The van der Waals surface area contributed by atoms with E-state index >= 15 is 0 Å². The third-order valence-corrected chi connectivity index (χ3v) is 5.27. The van der Waals surface area contributed by atoms with E-state index < -0.39 is 0 Å². The minimum atomic E-state index is -0.262. The van der Waals surface area contributed by atoms with Crippen LogP contribution in [0.2, 0.25) is 0 Å². The van der Waals surface area contributed by atoms with Crippen LogP contribution in [0.3, 0.4) is 0 Å². The number of furan rings is 1. The molecule has 0 aliphatic carbocycles. The van der Waals surface area contributed by atoms with Crippen molar-refractivity contribution in [2.45, 2.75) is 27.7 Å². The van der Waals surface area contributed by atoms with Crippen molar-refractivity contribution in [2.75, 3.05) is 5.32 Å². The van der Waals surface area contributed by atoms with E-state index in [9.17, 15) is 4.79 Å². The third-order valence-electron chi connectivity index (χ3n) is 4.34. The van der Waals surface area contributed by atoms with Crippen molar-refractivity contribution in [1.29, 1.82) is 0 Å². The first kappa shape index (κ1) is 15.8. The minimum absolute atomic E-state index is 0.262. The third kappa shape index (κ3) is 2.70. The number of nitrogens with zero attached hydrogens (tertiary/aromatic N) is 1.